The lowest BCUT2D eigenvalue weighted by Crippen LogP contribution is -2.23. The van der Waals surface area contributed by atoms with E-state index in [2.05, 4.69) is 18.0 Å². The minimum Gasteiger partial charge on any atom is -0.483 e. The van der Waals surface area contributed by atoms with Gasteiger partial charge >= 0.3 is 0 Å². The summed E-state index contributed by atoms with van der Waals surface area (Å²) in [7, 11) is 0. The van der Waals surface area contributed by atoms with Crippen molar-refractivity contribution in [3.8, 4) is 5.75 Å². The minimum atomic E-state index is 0.401. The van der Waals surface area contributed by atoms with Crippen LogP contribution >= 0.6 is 0 Å². The molecule has 0 amide bonds. The van der Waals surface area contributed by atoms with Crippen LogP contribution in [0.1, 0.15) is 26.3 Å². The van der Waals surface area contributed by atoms with E-state index in [4.69, 9.17) is 10.5 Å². The topological polar surface area (TPSA) is 47.6 Å². The van der Waals surface area contributed by atoms with Crippen LogP contribution in [0.4, 0.5) is 5.69 Å². The van der Waals surface area contributed by atoms with Gasteiger partial charge in [0.2, 0.25) is 0 Å². The molecule has 0 aliphatic carbocycles. The molecule has 15 heavy (non-hydrogen) atoms. The molecule has 2 rings (SSSR count). The Kier molecular flexibility index (Phi) is 4.16. The molecule has 0 spiro atoms. The van der Waals surface area contributed by atoms with Crippen LogP contribution in [-0.4, -0.2) is 12.4 Å². The number of amidine groups is 1. The lowest BCUT2D eigenvalue weighted by molar-refractivity contribution is 0.371. The summed E-state index contributed by atoms with van der Waals surface area (Å²) in [5, 5.41) is 0. The van der Waals surface area contributed by atoms with Gasteiger partial charge in [-0.25, -0.2) is 4.99 Å². The Hall–Kier alpha value is -1.51. The van der Waals surface area contributed by atoms with Crippen molar-refractivity contribution in [3.63, 3.8) is 0 Å². The molecule has 1 aliphatic rings. The van der Waals surface area contributed by atoms with E-state index < -0.39 is 0 Å². The zero-order valence-electron chi connectivity index (χ0n) is 9.58. The Morgan fingerprint density at radius 3 is 2.80 bits per heavy atom. The van der Waals surface area contributed by atoms with Crippen LogP contribution in [0.15, 0.2) is 23.2 Å². The predicted octanol–water partition coefficient (Wildman–Crippen LogP) is 2.66. The van der Waals surface area contributed by atoms with E-state index in [9.17, 15) is 0 Å². The first-order valence-corrected chi connectivity index (χ1v) is 5.38. The van der Waals surface area contributed by atoms with Gasteiger partial charge in [0.05, 0.1) is 0 Å². The smallest absolute Gasteiger partial charge is 0.145 e. The Morgan fingerprint density at radius 1 is 1.40 bits per heavy atom. The van der Waals surface area contributed by atoms with Gasteiger partial charge in [0.25, 0.3) is 0 Å². The number of fused-ring (bicyclic) bond motifs is 1. The maximum Gasteiger partial charge on any atom is 0.145 e. The highest BCUT2D eigenvalue weighted by molar-refractivity contribution is 5.87. The standard InChI is InChI=1S/C10H12N2O.C2H6/c1-2-7-3-4-9-8(5-7)12-10(11)6-13-9;1-2/h3-5H,2,6H2,1H3,(H2,11,12);1-2H3. The molecule has 0 unspecified atom stereocenters. The Labute approximate surface area is 91.0 Å². The van der Waals surface area contributed by atoms with Crippen molar-refractivity contribution < 1.29 is 4.74 Å². The molecule has 1 aromatic carbocycles. The maximum absolute atomic E-state index is 5.57. The van der Waals surface area contributed by atoms with E-state index in [0.717, 1.165) is 17.9 Å². The third-order valence-corrected chi connectivity index (χ3v) is 2.07. The molecule has 3 heteroatoms. The second-order valence-corrected chi connectivity index (χ2v) is 3.05. The van der Waals surface area contributed by atoms with Crippen LogP contribution in [0.3, 0.4) is 0 Å². The summed E-state index contributed by atoms with van der Waals surface area (Å²) in [5.41, 5.74) is 7.67. The molecule has 0 saturated heterocycles. The van der Waals surface area contributed by atoms with Gasteiger partial charge in [-0.2, -0.15) is 0 Å². The van der Waals surface area contributed by atoms with Crippen LogP contribution < -0.4 is 10.5 Å². The van der Waals surface area contributed by atoms with Gasteiger partial charge in [-0.3, -0.25) is 0 Å². The van der Waals surface area contributed by atoms with Crippen molar-refractivity contribution in [1.82, 2.24) is 0 Å². The summed E-state index contributed by atoms with van der Waals surface area (Å²) < 4.78 is 5.38. The Morgan fingerprint density at radius 2 is 2.13 bits per heavy atom. The molecular formula is C12H18N2O. The van der Waals surface area contributed by atoms with E-state index in [-0.39, 0.29) is 0 Å². The highest BCUT2D eigenvalue weighted by Gasteiger charge is 2.10. The number of aryl methyl sites for hydroxylation is 1. The van der Waals surface area contributed by atoms with Crippen LogP contribution in [0.2, 0.25) is 0 Å². The molecule has 1 heterocycles. The van der Waals surface area contributed by atoms with Gasteiger partial charge in [-0.15, -0.1) is 0 Å². The summed E-state index contributed by atoms with van der Waals surface area (Å²) in [6.45, 7) is 6.51. The molecule has 0 fully saturated rings. The number of hydrogen-bond donors (Lipinski definition) is 1. The van der Waals surface area contributed by atoms with Gasteiger partial charge in [0.15, 0.2) is 0 Å². The average molecular weight is 206 g/mol. The highest BCUT2D eigenvalue weighted by atomic mass is 16.5. The Bertz CT molecular complexity index is 359. The fourth-order valence-corrected chi connectivity index (χ4v) is 1.33. The normalized spacial score (nSPS) is 12.9. The molecule has 2 N–H and O–H groups in total. The lowest BCUT2D eigenvalue weighted by atomic mass is 10.1. The zero-order valence-corrected chi connectivity index (χ0v) is 9.58. The first-order chi connectivity index (χ1) is 7.29. The quantitative estimate of drug-likeness (QED) is 0.767. The van der Waals surface area contributed by atoms with Gasteiger partial charge in [0.1, 0.15) is 23.9 Å². The van der Waals surface area contributed by atoms with Crippen molar-refractivity contribution in [2.45, 2.75) is 27.2 Å². The molecule has 0 atom stereocenters. The minimum absolute atomic E-state index is 0.401. The molecule has 0 aromatic heterocycles. The lowest BCUT2D eigenvalue weighted by Gasteiger charge is -2.14. The van der Waals surface area contributed by atoms with Crippen molar-refractivity contribution in [3.05, 3.63) is 23.8 Å². The van der Waals surface area contributed by atoms with Crippen LogP contribution in [0, 0.1) is 0 Å². The molecule has 3 nitrogen and oxygen atoms in total. The van der Waals surface area contributed by atoms with Crippen molar-refractivity contribution in [2.75, 3.05) is 6.61 Å². The van der Waals surface area contributed by atoms with Crippen molar-refractivity contribution in [1.29, 1.82) is 0 Å². The van der Waals surface area contributed by atoms with Crippen molar-refractivity contribution in [2.24, 2.45) is 10.7 Å². The van der Waals surface area contributed by atoms with Gasteiger partial charge in [-0.1, -0.05) is 26.8 Å². The first-order valence-electron chi connectivity index (χ1n) is 5.38. The second-order valence-electron chi connectivity index (χ2n) is 3.05. The number of hydrogen-bond acceptors (Lipinski definition) is 3. The second kappa shape index (κ2) is 5.39. The van der Waals surface area contributed by atoms with E-state index >= 15 is 0 Å². The largest absolute Gasteiger partial charge is 0.483 e. The molecule has 1 aromatic rings. The van der Waals surface area contributed by atoms with Crippen LogP contribution in [0.25, 0.3) is 0 Å². The summed E-state index contributed by atoms with van der Waals surface area (Å²) in [6, 6.07) is 6.02. The first kappa shape index (κ1) is 11.6. The van der Waals surface area contributed by atoms with Crippen LogP contribution in [-0.2, 0) is 6.42 Å². The van der Waals surface area contributed by atoms with E-state index in [1.165, 1.54) is 5.56 Å². The predicted molar refractivity (Wildman–Crippen MR) is 63.9 cm³/mol. The molecular weight excluding hydrogens is 188 g/mol. The Balaban J connectivity index is 0.000000531. The zero-order chi connectivity index (χ0) is 11.3. The van der Waals surface area contributed by atoms with E-state index in [1.807, 2.05) is 26.0 Å². The number of aliphatic imine (C=N–C) groups is 1. The van der Waals surface area contributed by atoms with E-state index in [0.29, 0.717) is 12.4 Å². The van der Waals surface area contributed by atoms with Gasteiger partial charge in [0, 0.05) is 0 Å². The highest BCUT2D eigenvalue weighted by Crippen LogP contribution is 2.30. The number of rotatable bonds is 1. The van der Waals surface area contributed by atoms with E-state index in [1.54, 1.807) is 0 Å². The molecule has 0 radical (unpaired) electrons. The summed E-state index contributed by atoms with van der Waals surface area (Å²) in [5.74, 6) is 1.37. The van der Waals surface area contributed by atoms with Crippen LogP contribution in [0.5, 0.6) is 5.75 Å². The summed E-state index contributed by atoms with van der Waals surface area (Å²) in [4.78, 5) is 4.22. The van der Waals surface area contributed by atoms with Crippen molar-refractivity contribution >= 4 is 11.5 Å². The summed E-state index contributed by atoms with van der Waals surface area (Å²) >= 11 is 0. The maximum atomic E-state index is 5.57. The SMILES string of the molecule is CC.CCc1ccc2c(c1)N=C(N)CO2. The van der Waals surface area contributed by atoms with Gasteiger partial charge < -0.3 is 10.5 Å². The molecule has 0 bridgehead atoms. The molecule has 1 aliphatic heterocycles. The number of benzene rings is 1. The van der Waals surface area contributed by atoms with Gasteiger partial charge in [-0.05, 0) is 24.1 Å². The third-order valence-electron chi connectivity index (χ3n) is 2.07. The number of nitrogens with zero attached hydrogens (tertiary/aromatic N) is 1. The third kappa shape index (κ3) is 2.72. The molecule has 82 valence electrons. The molecule has 0 saturated carbocycles. The summed E-state index contributed by atoms with van der Waals surface area (Å²) in [6.07, 6.45) is 1.00. The fraction of sp³-hybridized carbons (Fsp3) is 0.417. The number of ether oxygens (including phenoxy) is 1. The number of nitrogens with two attached hydrogens (primary N) is 1. The average Bonchev–Trinajstić information content (AvgIpc) is 2.30. The fourth-order valence-electron chi connectivity index (χ4n) is 1.33. The monoisotopic (exact) mass is 206 g/mol.